The fourth-order valence-corrected chi connectivity index (χ4v) is 17.0. The van der Waals surface area contributed by atoms with Crippen molar-refractivity contribution in [1.82, 2.24) is 0 Å². The van der Waals surface area contributed by atoms with Gasteiger partial charge >= 0.3 is 0 Å². The molecule has 0 radical (unpaired) electrons. The van der Waals surface area contributed by atoms with Gasteiger partial charge < -0.3 is 73.5 Å². The fraction of sp³-hybridized carbons (Fsp3) is 0.462. The summed E-state index contributed by atoms with van der Waals surface area (Å²) in [6, 6.07) is 23.9. The molecule has 33 heteroatoms. The molecule has 678 valence electrons. The molecule has 5 aliphatic heterocycles. The van der Waals surface area contributed by atoms with Crippen molar-refractivity contribution in [2.24, 2.45) is 20.7 Å². The standard InChI is InChI=1S/C17H22BrNO2.2C15H18BrNO2.C11H11BrO3.C9H7BrO3.C7H5BrO3.C7H6O3.C6H13N.C2H4Br2.C2H5I.Br2/c1-2-14-12(11-19-13-6-4-3-5-7-13)10-15(18)17-16(14)20-8-9-21-17;2*16-13-8-11(9-14-15(13)19-7-6-18-14)10-17-12-4-2-1-3-5-12;1-2-8-7(6-13)5-9(12)11-10(8)14-3-4-15-11;10-7-3-6(5-11)4-8-9(7)13-2-1-12-8;8-5-1-4(3-9)2-6(10)7(5)11;8-4-5-1-2-6(9)7(10)3-5;7-6-4-2-1-3-5-6;3-1-2-4;1-2-3;1-2/h10-11,13H,2-9H2,1H3;2*8-10,12H,1-7H2;5-6H,2-4H2,1H3;3-5H,1-2H2;1-3,10-11H;1-4,9-10H;6H,1-5,7H2;1-2H2;2H2,1H3;. The zero-order chi connectivity index (χ0) is 90.1. The van der Waals surface area contributed by atoms with Gasteiger partial charge in [-0.3, -0.25) is 34.2 Å². The first-order chi connectivity index (χ1) is 60.1. The normalized spacial score (nSPS) is 15.9. The zero-order valence-electron chi connectivity index (χ0n) is 69.7. The Hall–Kier alpha value is -5.08. The number of ether oxygens (including phenoxy) is 10. The van der Waals surface area contributed by atoms with Crippen molar-refractivity contribution >= 4 is 222 Å². The minimum atomic E-state index is -0.304. The van der Waals surface area contributed by atoms with E-state index in [9.17, 15) is 19.2 Å². The SMILES string of the molecule is BrBr.BrCCBr.Brc1cc(C=NC2CCCCC2)cc2c1OCCO2.Brc1cc(C=NC2CCCCC2)cc2c1OCCO2.CCI.CCc1c(C=NC2CCCCC2)cc(Br)c2c1OCCO2.CCc1c(C=O)cc(Br)c2c1OCCO2.NC1CCCCC1.O=Cc1cc(Br)c2c(c1)OCCO2.O=Cc1cc(O)c(O)c(Br)c1.O=Cc1ccc(O)c(O)c1. The number of carbonyl (C=O) groups excluding carboxylic acids is 4. The van der Waals surface area contributed by atoms with Gasteiger partial charge in [0.2, 0.25) is 0 Å². The van der Waals surface area contributed by atoms with E-state index in [-0.39, 0.29) is 23.0 Å². The summed E-state index contributed by atoms with van der Waals surface area (Å²) in [5.41, 5.74) is 12.9. The van der Waals surface area contributed by atoms with E-state index in [0.29, 0.717) is 153 Å². The molecule has 22 nitrogen and oxygen atoms in total. The van der Waals surface area contributed by atoms with Crippen molar-refractivity contribution in [1.29, 1.82) is 0 Å². The van der Waals surface area contributed by atoms with E-state index in [2.05, 4.69) is 198 Å². The van der Waals surface area contributed by atoms with Gasteiger partial charge in [0.05, 0.1) is 26.8 Å². The molecule has 7 aromatic rings. The van der Waals surface area contributed by atoms with Crippen LogP contribution in [0.25, 0.3) is 0 Å². The summed E-state index contributed by atoms with van der Waals surface area (Å²) in [7, 11) is 0. The summed E-state index contributed by atoms with van der Waals surface area (Å²) in [6.07, 6.45) is 36.4. The minimum absolute atomic E-state index is 0.217. The van der Waals surface area contributed by atoms with Gasteiger partial charge in [-0.1, -0.05) is 152 Å². The van der Waals surface area contributed by atoms with E-state index in [4.69, 9.17) is 88.5 Å². The van der Waals surface area contributed by atoms with Crippen LogP contribution in [0.3, 0.4) is 0 Å². The largest absolute Gasteiger partial charge is 0.504 e. The molecule has 0 unspecified atom stereocenters. The topological polar surface area (TPSA) is 305 Å². The van der Waals surface area contributed by atoms with Gasteiger partial charge in [-0.25, -0.2) is 0 Å². The summed E-state index contributed by atoms with van der Waals surface area (Å²) < 4.78 is 61.6. The third-order valence-electron chi connectivity index (χ3n) is 19.7. The van der Waals surface area contributed by atoms with Crippen molar-refractivity contribution < 1.29 is 87.0 Å². The first-order valence-corrected chi connectivity index (χ1v) is 53.6. The molecule has 16 rings (SSSR count). The summed E-state index contributed by atoms with van der Waals surface area (Å²) in [5.74, 6) is 6.64. The van der Waals surface area contributed by atoms with Gasteiger partial charge in [-0.15, -0.1) is 0 Å². The fourth-order valence-electron chi connectivity index (χ4n) is 13.7. The molecular formula is C91H109Br10IN4O18. The molecule has 9 aliphatic rings. The highest BCUT2D eigenvalue weighted by Crippen LogP contribution is 2.46. The number of nitrogens with zero attached hydrogens (tertiary/aromatic N) is 3. The number of phenolic OH excluding ortho intramolecular Hbond substituents is 4. The Bertz CT molecular complexity index is 4430. The number of phenols is 4. The summed E-state index contributed by atoms with van der Waals surface area (Å²) in [6.45, 7) is 12.1. The molecule has 0 atom stereocenters. The number of fused-ring (bicyclic) bond motifs is 5. The second kappa shape index (κ2) is 61.5. The summed E-state index contributed by atoms with van der Waals surface area (Å²) in [5, 5.41) is 37.7. The molecule has 5 heterocycles. The number of hydrogen-bond donors (Lipinski definition) is 5. The average Bonchev–Trinajstić information content (AvgIpc) is 0.791. The third-order valence-corrected chi connectivity index (χ3v) is 25.1. The molecular weight excluding hydrogens is 2360 g/mol. The summed E-state index contributed by atoms with van der Waals surface area (Å²) in [4.78, 5) is 55.9. The average molecular weight is 2470 g/mol. The van der Waals surface area contributed by atoms with Crippen LogP contribution >= 0.6 is 178 Å². The van der Waals surface area contributed by atoms with Crippen molar-refractivity contribution in [3.05, 3.63) is 156 Å². The molecule has 4 saturated carbocycles. The van der Waals surface area contributed by atoms with Crippen LogP contribution in [-0.2, 0) is 12.8 Å². The Morgan fingerprint density at radius 3 is 1.01 bits per heavy atom. The molecule has 0 aromatic heterocycles. The van der Waals surface area contributed by atoms with Crippen LogP contribution in [0.15, 0.2) is 121 Å². The lowest BCUT2D eigenvalue weighted by atomic mass is 9.96. The van der Waals surface area contributed by atoms with Crippen LogP contribution in [0.2, 0.25) is 0 Å². The highest BCUT2D eigenvalue weighted by Gasteiger charge is 2.26. The number of halogens is 11. The lowest BCUT2D eigenvalue weighted by Crippen LogP contribution is -2.22. The lowest BCUT2D eigenvalue weighted by Gasteiger charge is -2.23. The van der Waals surface area contributed by atoms with Crippen LogP contribution in [0.1, 0.15) is 218 Å². The Labute approximate surface area is 824 Å². The Morgan fingerprint density at radius 1 is 0.355 bits per heavy atom. The molecule has 124 heavy (non-hydrogen) atoms. The van der Waals surface area contributed by atoms with Gasteiger partial charge in [0.1, 0.15) is 84.9 Å². The number of hydrogen-bond acceptors (Lipinski definition) is 22. The number of alkyl halides is 3. The van der Waals surface area contributed by atoms with Crippen LogP contribution in [0.4, 0.5) is 0 Å². The van der Waals surface area contributed by atoms with E-state index in [0.717, 1.165) is 115 Å². The first kappa shape index (κ1) is 108. The molecule has 0 bridgehead atoms. The quantitative estimate of drug-likeness (QED) is 0.0235. The molecule has 4 fully saturated rings. The number of aldehydes is 4. The molecule has 6 N–H and O–H groups in total. The zero-order valence-corrected chi connectivity index (χ0v) is 87.7. The van der Waals surface area contributed by atoms with Gasteiger partial charge in [0.15, 0.2) is 86.8 Å². The predicted octanol–water partition coefficient (Wildman–Crippen LogP) is 25.9. The highest BCUT2D eigenvalue weighted by atomic mass is 127. The van der Waals surface area contributed by atoms with Gasteiger partial charge in [0.25, 0.3) is 0 Å². The van der Waals surface area contributed by atoms with Crippen LogP contribution in [0.5, 0.6) is 80.5 Å². The van der Waals surface area contributed by atoms with E-state index < -0.39 is 0 Å². The molecule has 0 spiro atoms. The third kappa shape index (κ3) is 36.7. The molecule has 0 saturated heterocycles. The maximum Gasteiger partial charge on any atom is 0.175 e. The van der Waals surface area contributed by atoms with E-state index in [1.807, 2.05) is 49.8 Å². The monoisotopic (exact) mass is 2460 g/mol. The molecule has 0 amide bonds. The second-order valence-electron chi connectivity index (χ2n) is 28.7. The number of rotatable bonds is 13. The van der Waals surface area contributed by atoms with Gasteiger partial charge in [-0.2, -0.15) is 0 Å². The van der Waals surface area contributed by atoms with E-state index >= 15 is 0 Å². The predicted molar refractivity (Wildman–Crippen MR) is 538 cm³/mol. The smallest absolute Gasteiger partial charge is 0.175 e. The Kier molecular flexibility index (Phi) is 53.4. The van der Waals surface area contributed by atoms with Crippen LogP contribution < -0.4 is 53.1 Å². The van der Waals surface area contributed by atoms with E-state index in [1.54, 1.807) is 18.2 Å². The number of nitrogens with two attached hydrogens (primary N) is 1. The number of carbonyl (C=O) groups is 4. The van der Waals surface area contributed by atoms with Crippen molar-refractivity contribution in [2.45, 2.75) is 186 Å². The molecule has 7 aromatic carbocycles. The van der Waals surface area contributed by atoms with Gasteiger partial charge in [-0.05, 0) is 254 Å². The number of benzene rings is 7. The summed E-state index contributed by atoms with van der Waals surface area (Å²) >= 11 is 34.5. The maximum absolute atomic E-state index is 10.9. The Morgan fingerprint density at radius 2 is 0.661 bits per heavy atom. The minimum Gasteiger partial charge on any atom is -0.504 e. The Balaban J connectivity index is 0.000000219. The first-order valence-electron chi connectivity index (χ1n) is 41.4. The van der Waals surface area contributed by atoms with Crippen LogP contribution in [-0.4, -0.2) is 170 Å². The van der Waals surface area contributed by atoms with Gasteiger partial charge in [0, 0.05) is 121 Å². The highest BCUT2D eigenvalue weighted by molar-refractivity contribution is 14.1. The van der Waals surface area contributed by atoms with Crippen LogP contribution in [0, 0.1) is 0 Å². The van der Waals surface area contributed by atoms with Crippen molar-refractivity contribution in [3.63, 3.8) is 0 Å². The van der Waals surface area contributed by atoms with Crippen molar-refractivity contribution in [2.75, 3.05) is 81.2 Å². The number of aliphatic imine (C=N–C) groups is 3. The number of aromatic hydroxyl groups is 4. The van der Waals surface area contributed by atoms with E-state index in [1.165, 1.54) is 169 Å². The second-order valence-corrected chi connectivity index (χ2v) is 36.9. The molecule has 4 aliphatic carbocycles. The maximum atomic E-state index is 10.9. The lowest BCUT2D eigenvalue weighted by molar-refractivity contribution is 0.111. The van der Waals surface area contributed by atoms with Crippen molar-refractivity contribution in [3.8, 4) is 80.5 Å².